The van der Waals surface area contributed by atoms with Crippen molar-refractivity contribution < 1.29 is 33.6 Å². The molecule has 6 rings (SSSR count). The highest BCUT2D eigenvalue weighted by Crippen LogP contribution is 2.50. The van der Waals surface area contributed by atoms with Crippen molar-refractivity contribution in [2.24, 2.45) is 16.5 Å². The number of nitrogens with zero attached hydrogens (tertiary/aromatic N) is 3. The first-order valence-electron chi connectivity index (χ1n) is 19.3. The molecule has 3 aliphatic heterocycles. The number of carbonyl (C=O) groups is 6. The fourth-order valence-corrected chi connectivity index (χ4v) is 8.68. The van der Waals surface area contributed by atoms with E-state index >= 15 is 0 Å². The Hall–Kier alpha value is -4.00. The molecular formula is C39H53ClN6O7. The van der Waals surface area contributed by atoms with Crippen molar-refractivity contribution >= 4 is 52.6 Å². The first-order chi connectivity index (χ1) is 25.3. The van der Waals surface area contributed by atoms with E-state index in [1.54, 1.807) is 12.1 Å². The summed E-state index contributed by atoms with van der Waals surface area (Å²) in [4.78, 5) is 90.1. The number of ketones is 1. The van der Waals surface area contributed by atoms with Crippen LogP contribution in [0.4, 0.5) is 0 Å². The molecule has 1 spiro atoms. The van der Waals surface area contributed by atoms with Crippen molar-refractivity contribution in [1.82, 2.24) is 25.8 Å². The monoisotopic (exact) mass is 752 g/mol. The van der Waals surface area contributed by atoms with E-state index in [1.807, 2.05) is 26.0 Å². The Morgan fingerprint density at radius 3 is 2.49 bits per heavy atom. The van der Waals surface area contributed by atoms with Gasteiger partial charge < -0.3 is 30.6 Å². The van der Waals surface area contributed by atoms with Crippen molar-refractivity contribution in [2.45, 2.75) is 134 Å². The van der Waals surface area contributed by atoms with Gasteiger partial charge in [0.05, 0.1) is 18.3 Å². The molecule has 0 aromatic heterocycles. The SMILES string of the molecule is CCC[C@H](NC(=O)[C@@H]1C[C@]2(CC(c3cccc(Cl)c3)=NO2)CN1C(=O)[C@@H](NC(=O)CC1CCCCC1)C1(C)CC1)C(=O)C(=O)N1CC[C@@H](NC(C)=O)C1. The molecule has 5 aliphatic rings. The molecule has 288 valence electrons. The maximum absolute atomic E-state index is 14.7. The van der Waals surface area contributed by atoms with Gasteiger partial charge in [0.15, 0.2) is 5.60 Å². The van der Waals surface area contributed by atoms with Crippen molar-refractivity contribution in [3.05, 3.63) is 34.9 Å². The summed E-state index contributed by atoms with van der Waals surface area (Å²) in [5, 5.41) is 13.6. The highest BCUT2D eigenvalue weighted by molar-refractivity contribution is 6.38. The van der Waals surface area contributed by atoms with Crippen molar-refractivity contribution in [3.8, 4) is 0 Å². The molecule has 0 radical (unpaired) electrons. The van der Waals surface area contributed by atoms with Crippen molar-refractivity contribution in [3.63, 3.8) is 0 Å². The third kappa shape index (κ3) is 9.04. The van der Waals surface area contributed by atoms with Crippen molar-refractivity contribution in [1.29, 1.82) is 0 Å². The number of hydrogen-bond donors (Lipinski definition) is 3. The van der Waals surface area contributed by atoms with Crippen LogP contribution in [0.25, 0.3) is 0 Å². The Morgan fingerprint density at radius 2 is 1.81 bits per heavy atom. The highest BCUT2D eigenvalue weighted by Gasteiger charge is 2.58. The lowest BCUT2D eigenvalue weighted by molar-refractivity contribution is -0.147. The summed E-state index contributed by atoms with van der Waals surface area (Å²) in [6, 6.07) is 4.01. The summed E-state index contributed by atoms with van der Waals surface area (Å²) in [5.74, 6) is -2.46. The van der Waals surface area contributed by atoms with Crippen LogP contribution in [-0.2, 0) is 33.6 Å². The van der Waals surface area contributed by atoms with Crippen molar-refractivity contribution in [2.75, 3.05) is 19.6 Å². The molecule has 3 heterocycles. The zero-order valence-corrected chi connectivity index (χ0v) is 31.8. The lowest BCUT2D eigenvalue weighted by Gasteiger charge is -2.33. The van der Waals surface area contributed by atoms with Crippen LogP contribution in [0.2, 0.25) is 5.02 Å². The second kappa shape index (κ2) is 16.2. The molecule has 53 heavy (non-hydrogen) atoms. The van der Waals surface area contributed by atoms with Crippen LogP contribution in [0, 0.1) is 11.3 Å². The minimum Gasteiger partial charge on any atom is -0.387 e. The van der Waals surface area contributed by atoms with E-state index in [4.69, 9.17) is 16.4 Å². The number of Topliss-reactive ketones (excluding diaryl/α,β-unsaturated/α-hetero) is 1. The fraction of sp³-hybridized carbons (Fsp3) is 0.667. The van der Waals surface area contributed by atoms with Crippen LogP contribution < -0.4 is 16.0 Å². The van der Waals surface area contributed by atoms with Crippen LogP contribution in [-0.4, -0.2) is 100 Å². The third-order valence-corrected chi connectivity index (χ3v) is 12.0. The zero-order valence-electron chi connectivity index (χ0n) is 31.1. The van der Waals surface area contributed by atoms with Crippen LogP contribution in [0.1, 0.15) is 110 Å². The Morgan fingerprint density at radius 1 is 1.06 bits per heavy atom. The zero-order chi connectivity index (χ0) is 37.9. The number of halogens is 1. The summed E-state index contributed by atoms with van der Waals surface area (Å²) in [6.45, 7) is 5.82. The Balaban J connectivity index is 1.21. The number of oxime groups is 1. The van der Waals surface area contributed by atoms with Crippen LogP contribution in [0.15, 0.2) is 29.4 Å². The van der Waals surface area contributed by atoms with Gasteiger partial charge in [0.1, 0.15) is 12.1 Å². The molecule has 2 saturated heterocycles. The second-order valence-corrected chi connectivity index (χ2v) is 16.6. The first kappa shape index (κ1) is 38.7. The smallest absolute Gasteiger partial charge is 0.292 e. The summed E-state index contributed by atoms with van der Waals surface area (Å²) < 4.78 is 0. The summed E-state index contributed by atoms with van der Waals surface area (Å²) >= 11 is 6.27. The molecule has 13 nitrogen and oxygen atoms in total. The predicted molar refractivity (Wildman–Crippen MR) is 198 cm³/mol. The molecule has 2 aliphatic carbocycles. The number of hydrogen-bond acceptors (Lipinski definition) is 8. The highest BCUT2D eigenvalue weighted by atomic mass is 35.5. The lowest BCUT2D eigenvalue weighted by Crippen LogP contribution is -2.58. The molecular weight excluding hydrogens is 700 g/mol. The molecule has 3 N–H and O–H groups in total. The summed E-state index contributed by atoms with van der Waals surface area (Å²) in [5.41, 5.74) is -0.0637. The Bertz CT molecular complexity index is 1640. The number of amides is 5. The van der Waals surface area contributed by atoms with E-state index in [0.29, 0.717) is 48.9 Å². The van der Waals surface area contributed by atoms with Gasteiger partial charge in [0.2, 0.25) is 29.4 Å². The lowest BCUT2D eigenvalue weighted by atomic mass is 9.86. The van der Waals surface area contributed by atoms with E-state index in [1.165, 1.54) is 23.1 Å². The van der Waals surface area contributed by atoms with E-state index in [9.17, 15) is 28.8 Å². The number of nitrogens with one attached hydrogen (secondary N) is 3. The quantitative estimate of drug-likeness (QED) is 0.259. The van der Waals surface area contributed by atoms with Crippen LogP contribution in [0.3, 0.4) is 0 Å². The van der Waals surface area contributed by atoms with E-state index < -0.39 is 46.7 Å². The summed E-state index contributed by atoms with van der Waals surface area (Å²) in [7, 11) is 0. The normalized spacial score (nSPS) is 26.0. The van der Waals surface area contributed by atoms with Gasteiger partial charge in [0, 0.05) is 55.9 Å². The minimum absolute atomic E-state index is 0.0478. The molecule has 1 aromatic rings. The molecule has 14 heteroatoms. The fourth-order valence-electron chi connectivity index (χ4n) is 8.49. The van der Waals surface area contributed by atoms with Gasteiger partial charge in [-0.05, 0) is 62.0 Å². The Kier molecular flexibility index (Phi) is 11.8. The van der Waals surface area contributed by atoms with Gasteiger partial charge in [-0.1, -0.05) is 68.4 Å². The van der Waals surface area contributed by atoms with Crippen LogP contribution >= 0.6 is 11.6 Å². The minimum atomic E-state index is -1.11. The number of rotatable bonds is 13. The second-order valence-electron chi connectivity index (χ2n) is 16.2. The first-order valence-corrected chi connectivity index (χ1v) is 19.7. The average molecular weight is 753 g/mol. The van der Waals surface area contributed by atoms with E-state index in [2.05, 4.69) is 21.1 Å². The molecule has 2 saturated carbocycles. The average Bonchev–Trinajstić information content (AvgIpc) is 3.44. The molecule has 0 unspecified atom stereocenters. The van der Waals surface area contributed by atoms with Gasteiger partial charge >= 0.3 is 0 Å². The number of benzene rings is 1. The van der Waals surface area contributed by atoms with Gasteiger partial charge in [-0.3, -0.25) is 28.8 Å². The summed E-state index contributed by atoms with van der Waals surface area (Å²) in [6.07, 6.45) is 8.96. The third-order valence-electron chi connectivity index (χ3n) is 11.8. The predicted octanol–water partition coefficient (Wildman–Crippen LogP) is 3.65. The maximum Gasteiger partial charge on any atom is 0.292 e. The molecule has 5 amide bonds. The van der Waals surface area contributed by atoms with Gasteiger partial charge in [-0.25, -0.2) is 0 Å². The Labute approximate surface area is 316 Å². The molecule has 5 atom stereocenters. The van der Waals surface area contributed by atoms with E-state index in [0.717, 1.165) is 44.1 Å². The topological polar surface area (TPSA) is 167 Å². The molecule has 4 fully saturated rings. The number of carbonyl (C=O) groups excluding carboxylic acids is 6. The molecule has 0 bridgehead atoms. The molecule has 1 aromatic carbocycles. The maximum atomic E-state index is 14.7. The largest absolute Gasteiger partial charge is 0.387 e. The van der Waals surface area contributed by atoms with E-state index in [-0.39, 0.29) is 49.7 Å². The van der Waals surface area contributed by atoms with Gasteiger partial charge in [-0.15, -0.1) is 0 Å². The standard InChI is InChI=1S/C39H53ClN6O7/c1-4-9-29(33(49)36(51)45-17-14-28(22-45)41-24(2)47)42-35(50)31-21-39(20-30(44-53-39)26-12-8-13-27(40)19-26)23-46(31)37(52)34(38(3)15-16-38)43-32(48)18-25-10-6-5-7-11-25/h8,12-13,19,25,28-29,31,34H,4-7,9-11,14-18,20-23H2,1-3H3,(H,41,47)(H,42,50)(H,43,48)/t28-,29+,31+,34-,39-/m1/s1. The van der Waals surface area contributed by atoms with Gasteiger partial charge in [-0.2, -0.15) is 0 Å². The number of likely N-dealkylation sites (tertiary alicyclic amines) is 2. The van der Waals surface area contributed by atoms with Gasteiger partial charge in [0.25, 0.3) is 5.91 Å². The van der Waals surface area contributed by atoms with Crippen LogP contribution in [0.5, 0.6) is 0 Å².